The molecule has 2 aliphatic heterocycles. The van der Waals surface area contributed by atoms with Crippen molar-refractivity contribution in [3.8, 4) is 0 Å². The first kappa shape index (κ1) is 29.3. The number of ether oxygens (including phenoxy) is 2. The Balaban J connectivity index is 1.02. The highest BCUT2D eigenvalue weighted by Crippen LogP contribution is 2.32. The van der Waals surface area contributed by atoms with E-state index in [4.69, 9.17) is 9.47 Å². The van der Waals surface area contributed by atoms with Gasteiger partial charge in [0.15, 0.2) is 0 Å². The standard InChI is InChI=1S/C30H44N6O5/c1-30(2,3)41-29(39)31-12-17-40-24-6-4-21(5-7-24)20-34-13-8-22(9-14-34)23-10-15-35-25(18-23)32-19-27(35)36-16-11-26(37)33-28(36)38/h10,15,18-19,21-22,24H,4-9,11-14,16-17,20H2,1-3H3,(H,31,39)(H,33,37,38)/t21-,24-. The maximum absolute atomic E-state index is 12.3. The minimum absolute atomic E-state index is 0.239. The maximum Gasteiger partial charge on any atom is 0.407 e. The van der Waals surface area contributed by atoms with Gasteiger partial charge in [-0.05, 0) is 102 Å². The lowest BCUT2D eigenvalue weighted by Crippen LogP contribution is -2.50. The zero-order valence-electron chi connectivity index (χ0n) is 24.6. The molecular formula is C30H44N6O5. The predicted molar refractivity (Wildman–Crippen MR) is 155 cm³/mol. The highest BCUT2D eigenvalue weighted by atomic mass is 16.6. The molecule has 4 amide bonds. The van der Waals surface area contributed by atoms with E-state index >= 15 is 0 Å². The SMILES string of the molecule is CC(C)(C)OC(=O)NCCO[C@H]1CC[C@H](CN2CCC(c3ccn4c(N5CCC(=O)NC5=O)cnc4c3)CC2)CC1. The molecule has 0 bridgehead atoms. The summed E-state index contributed by atoms with van der Waals surface area (Å²) in [4.78, 5) is 44.3. The molecule has 4 heterocycles. The minimum atomic E-state index is -0.489. The molecule has 3 aliphatic rings. The molecule has 2 aromatic heterocycles. The Hall–Kier alpha value is -3.18. The second-order valence-electron chi connectivity index (χ2n) is 12.6. The van der Waals surface area contributed by atoms with Crippen molar-refractivity contribution < 1.29 is 23.9 Å². The first-order valence-electron chi connectivity index (χ1n) is 15.0. The number of alkyl carbamates (subject to hydrolysis) is 1. The van der Waals surface area contributed by atoms with Crippen LogP contribution in [-0.4, -0.2) is 83.4 Å². The van der Waals surface area contributed by atoms with Crippen molar-refractivity contribution in [2.24, 2.45) is 5.92 Å². The van der Waals surface area contributed by atoms with Crippen LogP contribution in [0.1, 0.15) is 77.2 Å². The Morgan fingerprint density at radius 3 is 2.56 bits per heavy atom. The van der Waals surface area contributed by atoms with Crippen molar-refractivity contribution in [3.05, 3.63) is 30.1 Å². The van der Waals surface area contributed by atoms with Crippen LogP contribution in [0.2, 0.25) is 0 Å². The number of piperidine rings is 1. The third-order valence-electron chi connectivity index (χ3n) is 8.34. The van der Waals surface area contributed by atoms with Gasteiger partial charge in [0.2, 0.25) is 5.91 Å². The number of anilines is 1. The van der Waals surface area contributed by atoms with Crippen LogP contribution in [0.15, 0.2) is 24.5 Å². The zero-order chi connectivity index (χ0) is 29.0. The molecule has 0 aromatic carbocycles. The van der Waals surface area contributed by atoms with E-state index in [-0.39, 0.29) is 12.0 Å². The van der Waals surface area contributed by atoms with Gasteiger partial charge < -0.3 is 19.7 Å². The van der Waals surface area contributed by atoms with Crippen molar-refractivity contribution >= 4 is 29.5 Å². The number of imidazole rings is 1. The average Bonchev–Trinajstić information content (AvgIpc) is 3.34. The summed E-state index contributed by atoms with van der Waals surface area (Å²) in [5.74, 6) is 1.67. The maximum atomic E-state index is 12.3. The fourth-order valence-corrected chi connectivity index (χ4v) is 6.21. The van der Waals surface area contributed by atoms with Gasteiger partial charge in [-0.2, -0.15) is 0 Å². The molecule has 3 fully saturated rings. The molecule has 1 saturated carbocycles. The molecule has 41 heavy (non-hydrogen) atoms. The summed E-state index contributed by atoms with van der Waals surface area (Å²) in [5, 5.41) is 5.14. The van der Waals surface area contributed by atoms with Crippen LogP contribution in [0.4, 0.5) is 15.4 Å². The number of nitrogens with one attached hydrogen (secondary N) is 2. The number of aromatic nitrogens is 2. The Kier molecular flexibility index (Phi) is 9.13. The quantitative estimate of drug-likeness (QED) is 0.461. The number of fused-ring (bicyclic) bond motifs is 1. The van der Waals surface area contributed by atoms with E-state index in [9.17, 15) is 14.4 Å². The summed E-state index contributed by atoms with van der Waals surface area (Å²) in [6.45, 7) is 10.3. The highest BCUT2D eigenvalue weighted by Gasteiger charge is 2.28. The molecule has 0 atom stereocenters. The smallest absolute Gasteiger partial charge is 0.407 e. The normalized spacial score (nSPS) is 23.0. The van der Waals surface area contributed by atoms with Gasteiger partial charge in [-0.25, -0.2) is 14.6 Å². The Morgan fingerprint density at radius 2 is 1.85 bits per heavy atom. The van der Waals surface area contributed by atoms with Crippen molar-refractivity contribution in [2.75, 3.05) is 44.2 Å². The fraction of sp³-hybridized carbons (Fsp3) is 0.667. The van der Waals surface area contributed by atoms with E-state index in [1.54, 1.807) is 11.1 Å². The monoisotopic (exact) mass is 568 g/mol. The van der Waals surface area contributed by atoms with E-state index in [0.29, 0.717) is 43.8 Å². The number of carbonyl (C=O) groups is 3. The van der Waals surface area contributed by atoms with Gasteiger partial charge in [0.25, 0.3) is 0 Å². The number of hydrogen-bond donors (Lipinski definition) is 2. The van der Waals surface area contributed by atoms with Crippen LogP contribution in [0.25, 0.3) is 5.65 Å². The molecule has 11 heteroatoms. The topological polar surface area (TPSA) is 118 Å². The molecule has 1 aliphatic carbocycles. The molecule has 2 N–H and O–H groups in total. The lowest BCUT2D eigenvalue weighted by Gasteiger charge is -2.36. The molecule has 224 valence electrons. The number of urea groups is 1. The number of amides is 4. The third-order valence-corrected chi connectivity index (χ3v) is 8.34. The van der Waals surface area contributed by atoms with Crippen LogP contribution in [0.3, 0.4) is 0 Å². The van der Waals surface area contributed by atoms with Gasteiger partial charge in [-0.15, -0.1) is 0 Å². The number of nitrogens with zero attached hydrogens (tertiary/aromatic N) is 4. The van der Waals surface area contributed by atoms with Gasteiger partial charge in [0.05, 0.1) is 18.9 Å². The van der Waals surface area contributed by atoms with Crippen molar-refractivity contribution in [1.82, 2.24) is 24.9 Å². The van der Waals surface area contributed by atoms with E-state index in [1.165, 1.54) is 18.4 Å². The summed E-state index contributed by atoms with van der Waals surface area (Å²) >= 11 is 0. The van der Waals surface area contributed by atoms with Crippen molar-refractivity contribution in [1.29, 1.82) is 0 Å². The number of pyridine rings is 1. The van der Waals surface area contributed by atoms with Crippen LogP contribution in [0, 0.1) is 5.92 Å². The van der Waals surface area contributed by atoms with E-state index in [0.717, 1.165) is 51.0 Å². The molecule has 2 aromatic rings. The minimum Gasteiger partial charge on any atom is -0.444 e. The highest BCUT2D eigenvalue weighted by molar-refractivity contribution is 6.05. The van der Waals surface area contributed by atoms with E-state index < -0.39 is 17.7 Å². The Labute approximate surface area is 241 Å². The Morgan fingerprint density at radius 1 is 1.10 bits per heavy atom. The number of imide groups is 1. The lowest BCUT2D eigenvalue weighted by molar-refractivity contribution is -0.120. The third kappa shape index (κ3) is 7.77. The zero-order valence-corrected chi connectivity index (χ0v) is 24.6. The molecule has 0 radical (unpaired) electrons. The van der Waals surface area contributed by atoms with Crippen molar-refractivity contribution in [2.45, 2.75) is 83.3 Å². The summed E-state index contributed by atoms with van der Waals surface area (Å²) in [6.07, 6.45) is 10.7. The summed E-state index contributed by atoms with van der Waals surface area (Å²) in [7, 11) is 0. The van der Waals surface area contributed by atoms with Gasteiger partial charge >= 0.3 is 12.1 Å². The molecule has 5 rings (SSSR count). The van der Waals surface area contributed by atoms with E-state index in [2.05, 4.69) is 32.7 Å². The van der Waals surface area contributed by atoms with Gasteiger partial charge in [-0.1, -0.05) is 0 Å². The van der Waals surface area contributed by atoms with E-state index in [1.807, 2.05) is 31.4 Å². The largest absolute Gasteiger partial charge is 0.444 e. The van der Waals surface area contributed by atoms with Crippen LogP contribution in [-0.2, 0) is 14.3 Å². The lowest BCUT2D eigenvalue weighted by atomic mass is 9.85. The molecular weight excluding hydrogens is 524 g/mol. The van der Waals surface area contributed by atoms with Crippen LogP contribution < -0.4 is 15.5 Å². The number of rotatable bonds is 8. The summed E-state index contributed by atoms with van der Waals surface area (Å²) in [6, 6.07) is 3.89. The van der Waals surface area contributed by atoms with Crippen LogP contribution >= 0.6 is 0 Å². The predicted octanol–water partition coefficient (Wildman–Crippen LogP) is 4.06. The number of carbonyl (C=O) groups excluding carboxylic acids is 3. The molecule has 0 spiro atoms. The number of likely N-dealkylation sites (tertiary alicyclic amines) is 1. The Bertz CT molecular complexity index is 1220. The molecule has 11 nitrogen and oxygen atoms in total. The summed E-state index contributed by atoms with van der Waals surface area (Å²) in [5.41, 5.74) is 1.63. The van der Waals surface area contributed by atoms with Crippen molar-refractivity contribution in [3.63, 3.8) is 0 Å². The second kappa shape index (κ2) is 12.8. The second-order valence-corrected chi connectivity index (χ2v) is 12.6. The van der Waals surface area contributed by atoms with Gasteiger partial charge in [-0.3, -0.25) is 19.4 Å². The van der Waals surface area contributed by atoms with Gasteiger partial charge in [0, 0.05) is 32.3 Å². The average molecular weight is 569 g/mol. The number of hydrogen-bond acceptors (Lipinski definition) is 7. The first-order valence-corrected chi connectivity index (χ1v) is 15.0. The first-order chi connectivity index (χ1) is 19.6. The molecule has 2 saturated heterocycles. The molecule has 0 unspecified atom stereocenters. The van der Waals surface area contributed by atoms with Gasteiger partial charge in [0.1, 0.15) is 17.1 Å². The summed E-state index contributed by atoms with van der Waals surface area (Å²) < 4.78 is 13.2. The fourth-order valence-electron chi connectivity index (χ4n) is 6.21. The van der Waals surface area contributed by atoms with Crippen LogP contribution in [0.5, 0.6) is 0 Å².